The quantitative estimate of drug-likeness (QED) is 0.364. The summed E-state index contributed by atoms with van der Waals surface area (Å²) in [6, 6.07) is 9.23. The highest BCUT2D eigenvalue weighted by Crippen LogP contribution is 2.32. The summed E-state index contributed by atoms with van der Waals surface area (Å²) >= 11 is 3.42. The number of allylic oxidation sites excluding steroid dienone is 1. The van der Waals surface area contributed by atoms with Crippen molar-refractivity contribution in [2.45, 2.75) is 26.2 Å². The minimum atomic E-state index is -0.215. The maximum absolute atomic E-state index is 13.2. The molecule has 0 aliphatic heterocycles. The van der Waals surface area contributed by atoms with Crippen molar-refractivity contribution >= 4 is 33.0 Å². The Hall–Kier alpha value is -2.93. The minimum Gasteiger partial charge on any atom is -0.493 e. The van der Waals surface area contributed by atoms with Crippen LogP contribution >= 0.6 is 15.9 Å². The Kier molecular flexibility index (Phi) is 6.72. The molecule has 0 radical (unpaired) electrons. The summed E-state index contributed by atoms with van der Waals surface area (Å²) in [5, 5.41) is 4.99. The average molecular weight is 470 g/mol. The van der Waals surface area contributed by atoms with Crippen LogP contribution in [-0.2, 0) is 6.42 Å². The molecule has 0 bridgehead atoms. The van der Waals surface area contributed by atoms with E-state index in [4.69, 9.17) is 9.47 Å². The van der Waals surface area contributed by atoms with Crippen molar-refractivity contribution < 1.29 is 9.47 Å². The van der Waals surface area contributed by atoms with Crippen LogP contribution in [0, 0.1) is 0 Å². The summed E-state index contributed by atoms with van der Waals surface area (Å²) < 4.78 is 13.1. The molecular weight excluding hydrogens is 446 g/mol. The van der Waals surface area contributed by atoms with Gasteiger partial charge in [-0.15, -0.1) is 6.58 Å². The Bertz CT molecular complexity index is 1180. The molecule has 0 saturated carbocycles. The summed E-state index contributed by atoms with van der Waals surface area (Å²) in [5.74, 6) is 1.87. The first kappa shape index (κ1) is 21.8. The van der Waals surface area contributed by atoms with E-state index in [1.807, 2.05) is 38.1 Å². The van der Waals surface area contributed by atoms with Gasteiger partial charge in [0.2, 0.25) is 0 Å². The van der Waals surface area contributed by atoms with Crippen LogP contribution in [0.1, 0.15) is 36.7 Å². The molecule has 3 rings (SSSR count). The van der Waals surface area contributed by atoms with Gasteiger partial charge in [-0.05, 0) is 42.3 Å². The van der Waals surface area contributed by atoms with Gasteiger partial charge >= 0.3 is 0 Å². The summed E-state index contributed by atoms with van der Waals surface area (Å²) in [6.07, 6.45) is 4.04. The predicted octanol–water partition coefficient (Wildman–Crippen LogP) is 4.91. The second-order valence-electron chi connectivity index (χ2n) is 7.06. The van der Waals surface area contributed by atoms with Gasteiger partial charge in [-0.3, -0.25) is 4.79 Å². The van der Waals surface area contributed by atoms with E-state index in [1.54, 1.807) is 32.6 Å². The van der Waals surface area contributed by atoms with Crippen LogP contribution in [0.2, 0.25) is 0 Å². The lowest BCUT2D eigenvalue weighted by Crippen LogP contribution is -2.23. The molecular formula is C23H24BrN3O3. The van der Waals surface area contributed by atoms with E-state index in [0.29, 0.717) is 34.6 Å². The van der Waals surface area contributed by atoms with Gasteiger partial charge in [0.25, 0.3) is 5.56 Å². The van der Waals surface area contributed by atoms with Crippen LogP contribution in [0.5, 0.6) is 11.5 Å². The number of ether oxygens (including phenoxy) is 2. The van der Waals surface area contributed by atoms with Crippen LogP contribution in [0.4, 0.5) is 0 Å². The third kappa shape index (κ3) is 4.31. The maximum Gasteiger partial charge on any atom is 0.282 e. The van der Waals surface area contributed by atoms with Crippen LogP contribution in [-0.4, -0.2) is 30.1 Å². The van der Waals surface area contributed by atoms with Crippen LogP contribution in [0.15, 0.2) is 57.4 Å². The first-order valence-electron chi connectivity index (χ1n) is 9.52. The zero-order valence-corrected chi connectivity index (χ0v) is 19.1. The van der Waals surface area contributed by atoms with Crippen molar-refractivity contribution in [2.24, 2.45) is 5.10 Å². The van der Waals surface area contributed by atoms with E-state index in [-0.39, 0.29) is 11.5 Å². The SMILES string of the molecule is C=CCc1cc(C=Nn2c(C(C)C)nc3ccc(Br)cc3c2=O)cc(OC)c1OC. The number of rotatable bonds is 7. The molecule has 0 saturated heterocycles. The Labute approximate surface area is 184 Å². The Morgan fingerprint density at radius 1 is 1.23 bits per heavy atom. The number of halogens is 1. The van der Waals surface area contributed by atoms with Crippen molar-refractivity contribution in [3.05, 3.63) is 74.8 Å². The predicted molar refractivity (Wildman–Crippen MR) is 124 cm³/mol. The van der Waals surface area contributed by atoms with Crippen molar-refractivity contribution in [2.75, 3.05) is 14.2 Å². The molecule has 30 heavy (non-hydrogen) atoms. The Balaban J connectivity index is 2.17. The Morgan fingerprint density at radius 3 is 2.63 bits per heavy atom. The average Bonchev–Trinajstić information content (AvgIpc) is 2.73. The number of nitrogens with zero attached hydrogens (tertiary/aromatic N) is 3. The smallest absolute Gasteiger partial charge is 0.282 e. The van der Waals surface area contributed by atoms with Gasteiger partial charge in [0, 0.05) is 16.0 Å². The highest BCUT2D eigenvalue weighted by Gasteiger charge is 2.15. The van der Waals surface area contributed by atoms with Crippen molar-refractivity contribution in [3.8, 4) is 11.5 Å². The fraction of sp³-hybridized carbons (Fsp3) is 0.261. The number of aromatic nitrogens is 2. The lowest BCUT2D eigenvalue weighted by molar-refractivity contribution is 0.352. The largest absolute Gasteiger partial charge is 0.493 e. The number of fused-ring (bicyclic) bond motifs is 1. The molecule has 1 aromatic heterocycles. The lowest BCUT2D eigenvalue weighted by atomic mass is 10.1. The normalized spacial score (nSPS) is 11.4. The van der Waals surface area contributed by atoms with Crippen molar-refractivity contribution in [1.29, 1.82) is 0 Å². The highest BCUT2D eigenvalue weighted by molar-refractivity contribution is 9.10. The van der Waals surface area contributed by atoms with E-state index in [2.05, 4.69) is 32.6 Å². The molecule has 0 aliphatic carbocycles. The lowest BCUT2D eigenvalue weighted by Gasteiger charge is -2.14. The monoisotopic (exact) mass is 469 g/mol. The molecule has 0 N–H and O–H groups in total. The van der Waals surface area contributed by atoms with E-state index in [9.17, 15) is 4.79 Å². The number of hydrogen-bond donors (Lipinski definition) is 0. The molecule has 0 unspecified atom stereocenters. The van der Waals surface area contributed by atoms with Crippen LogP contribution < -0.4 is 15.0 Å². The number of hydrogen-bond acceptors (Lipinski definition) is 5. The molecule has 2 aromatic carbocycles. The number of methoxy groups -OCH3 is 2. The third-order valence-corrected chi connectivity index (χ3v) is 5.11. The van der Waals surface area contributed by atoms with Gasteiger partial charge in [-0.1, -0.05) is 35.9 Å². The van der Waals surface area contributed by atoms with Crippen molar-refractivity contribution in [1.82, 2.24) is 9.66 Å². The van der Waals surface area contributed by atoms with Gasteiger partial charge in [-0.25, -0.2) is 4.98 Å². The van der Waals surface area contributed by atoms with Gasteiger partial charge < -0.3 is 9.47 Å². The topological polar surface area (TPSA) is 65.7 Å². The fourth-order valence-corrected chi connectivity index (χ4v) is 3.59. The molecule has 7 heteroatoms. The van der Waals surface area contributed by atoms with E-state index >= 15 is 0 Å². The standard InChI is InChI=1S/C23H24BrN3O3/c1-6-7-16-10-15(11-20(29-4)21(16)30-5)13-25-27-22(14(2)3)26-19-9-8-17(24)12-18(19)23(27)28/h6,8-14H,1,7H2,2-5H3. The first-order chi connectivity index (χ1) is 14.4. The summed E-state index contributed by atoms with van der Waals surface area (Å²) in [4.78, 5) is 17.8. The van der Waals surface area contributed by atoms with Gasteiger partial charge in [0.05, 0.1) is 31.3 Å². The van der Waals surface area contributed by atoms with E-state index in [1.165, 1.54) is 4.68 Å². The van der Waals surface area contributed by atoms with Gasteiger partial charge in [0.1, 0.15) is 5.82 Å². The zero-order chi connectivity index (χ0) is 21.8. The molecule has 156 valence electrons. The van der Waals surface area contributed by atoms with Crippen LogP contribution in [0.25, 0.3) is 10.9 Å². The second-order valence-corrected chi connectivity index (χ2v) is 7.97. The molecule has 0 aliphatic rings. The number of benzene rings is 2. The zero-order valence-electron chi connectivity index (χ0n) is 17.5. The molecule has 3 aromatic rings. The highest BCUT2D eigenvalue weighted by atomic mass is 79.9. The third-order valence-electron chi connectivity index (χ3n) is 4.61. The summed E-state index contributed by atoms with van der Waals surface area (Å²) in [6.45, 7) is 7.77. The summed E-state index contributed by atoms with van der Waals surface area (Å²) in [7, 11) is 3.19. The minimum absolute atomic E-state index is 0.0182. The first-order valence-corrected chi connectivity index (χ1v) is 10.3. The van der Waals surface area contributed by atoms with Crippen molar-refractivity contribution in [3.63, 3.8) is 0 Å². The van der Waals surface area contributed by atoms with E-state index in [0.717, 1.165) is 15.6 Å². The van der Waals surface area contributed by atoms with Gasteiger partial charge in [0.15, 0.2) is 11.5 Å². The Morgan fingerprint density at radius 2 is 2.00 bits per heavy atom. The summed E-state index contributed by atoms with van der Waals surface area (Å²) in [5.41, 5.74) is 2.14. The molecule has 0 spiro atoms. The van der Waals surface area contributed by atoms with E-state index < -0.39 is 0 Å². The molecule has 1 heterocycles. The molecule has 0 amide bonds. The molecule has 6 nitrogen and oxygen atoms in total. The molecule has 0 fully saturated rings. The fourth-order valence-electron chi connectivity index (χ4n) is 3.22. The molecule has 0 atom stereocenters. The second kappa shape index (κ2) is 9.26. The van der Waals surface area contributed by atoms with Crippen LogP contribution in [0.3, 0.4) is 0 Å². The van der Waals surface area contributed by atoms with Gasteiger partial charge in [-0.2, -0.15) is 9.78 Å². The maximum atomic E-state index is 13.2.